The molecule has 0 heterocycles. The number of hydrogen-bond acceptors (Lipinski definition) is 1. The van der Waals surface area contributed by atoms with Crippen LogP contribution in [0, 0.1) is 12.5 Å². The Hall–Kier alpha value is -0.947. The fraction of sp³-hybridized carbons (Fsp3) is 0.182. The fourth-order valence-corrected chi connectivity index (χ4v) is 2.40. The van der Waals surface area contributed by atoms with E-state index in [1.165, 1.54) is 21.5 Å². The molecular weight excluding hydrogens is 442 g/mol. The van der Waals surface area contributed by atoms with Crippen LogP contribution in [-0.4, -0.2) is 7.11 Å². The van der Waals surface area contributed by atoms with Gasteiger partial charge in [-0.3, -0.25) is 6.08 Å². The molecule has 1 aliphatic carbocycles. The first-order valence-electron chi connectivity index (χ1n) is 7.88. The van der Waals surface area contributed by atoms with Crippen LogP contribution in [0.2, 0.25) is 0 Å². The SMILES string of the molecule is COc1ccc2[cH-]c3ccccc3c2c1.C[CH-]C.Cl.Cl.[C-]1=CC=CC1.[Zr+3]. The van der Waals surface area contributed by atoms with Crippen LogP contribution in [0.25, 0.3) is 21.5 Å². The van der Waals surface area contributed by atoms with Crippen LogP contribution in [-0.2, 0) is 26.2 Å². The van der Waals surface area contributed by atoms with Crippen LogP contribution < -0.4 is 4.74 Å². The van der Waals surface area contributed by atoms with E-state index in [1.807, 2.05) is 38.5 Å². The quantitative estimate of drug-likeness (QED) is 0.347. The van der Waals surface area contributed by atoms with Crippen molar-refractivity contribution in [2.75, 3.05) is 7.11 Å². The minimum absolute atomic E-state index is 0. The zero-order valence-electron chi connectivity index (χ0n) is 15.4. The van der Waals surface area contributed by atoms with Gasteiger partial charge < -0.3 is 11.2 Å². The Morgan fingerprint density at radius 2 is 1.65 bits per heavy atom. The Labute approximate surface area is 188 Å². The van der Waals surface area contributed by atoms with Crippen LogP contribution in [0.5, 0.6) is 5.75 Å². The smallest absolute Gasteiger partial charge is 0.498 e. The maximum Gasteiger partial charge on any atom is 3.00 e. The molecule has 0 N–H and O–H groups in total. The summed E-state index contributed by atoms with van der Waals surface area (Å²) in [6.07, 6.45) is 12.0. The molecule has 0 saturated carbocycles. The summed E-state index contributed by atoms with van der Waals surface area (Å²) in [5, 5.41) is 5.13. The topological polar surface area (TPSA) is 9.23 Å². The molecule has 0 unspecified atom stereocenters. The third-order valence-corrected chi connectivity index (χ3v) is 3.41. The molecule has 4 heteroatoms. The third-order valence-electron chi connectivity index (χ3n) is 3.41. The first-order valence-corrected chi connectivity index (χ1v) is 7.88. The maximum absolute atomic E-state index is 5.24. The molecule has 0 aliphatic heterocycles. The Kier molecular flexibility index (Phi) is 15.9. The number of allylic oxidation sites excluding steroid dienone is 4. The molecule has 0 atom stereocenters. The number of hydrogen-bond donors (Lipinski definition) is 0. The molecule has 3 aromatic rings. The van der Waals surface area contributed by atoms with Crippen molar-refractivity contribution in [2.45, 2.75) is 20.3 Å². The van der Waals surface area contributed by atoms with Crippen molar-refractivity contribution >= 4 is 46.4 Å². The Bertz CT molecular complexity index is 796. The Balaban J connectivity index is 0. The second-order valence-corrected chi connectivity index (χ2v) is 5.27. The van der Waals surface area contributed by atoms with Gasteiger partial charge in [-0.05, 0) is 0 Å². The fourth-order valence-electron chi connectivity index (χ4n) is 2.40. The Morgan fingerprint density at radius 3 is 2.19 bits per heavy atom. The molecule has 0 amide bonds. The summed E-state index contributed by atoms with van der Waals surface area (Å²) in [5.74, 6) is 0.916. The third kappa shape index (κ3) is 7.74. The molecule has 1 radical (unpaired) electrons. The number of fused-ring (bicyclic) bond motifs is 3. The molecule has 0 saturated heterocycles. The summed E-state index contributed by atoms with van der Waals surface area (Å²) >= 11 is 0. The summed E-state index contributed by atoms with van der Waals surface area (Å²) in [6.45, 7) is 4.00. The van der Waals surface area contributed by atoms with Crippen LogP contribution >= 0.6 is 24.8 Å². The van der Waals surface area contributed by atoms with Crippen LogP contribution in [0.3, 0.4) is 0 Å². The molecule has 0 aromatic heterocycles. The van der Waals surface area contributed by atoms with E-state index in [-0.39, 0.29) is 51.0 Å². The van der Waals surface area contributed by atoms with Crippen molar-refractivity contribution in [1.29, 1.82) is 0 Å². The predicted molar refractivity (Wildman–Crippen MR) is 115 cm³/mol. The van der Waals surface area contributed by atoms with E-state index in [9.17, 15) is 0 Å². The van der Waals surface area contributed by atoms with Gasteiger partial charge in [0.2, 0.25) is 0 Å². The first kappa shape index (κ1) is 27.3. The number of rotatable bonds is 1. The number of benzene rings is 2. The minimum Gasteiger partial charge on any atom is -0.498 e. The summed E-state index contributed by atoms with van der Waals surface area (Å²) in [5.41, 5.74) is 0. The molecule has 0 fully saturated rings. The largest absolute Gasteiger partial charge is 3.00 e. The van der Waals surface area contributed by atoms with E-state index in [1.54, 1.807) is 7.11 Å². The Morgan fingerprint density at radius 1 is 1.00 bits per heavy atom. The van der Waals surface area contributed by atoms with Gasteiger partial charge in [0.05, 0.1) is 7.11 Å². The molecule has 3 aromatic carbocycles. The molecule has 4 rings (SSSR count). The van der Waals surface area contributed by atoms with Crippen LogP contribution in [0.1, 0.15) is 20.3 Å². The van der Waals surface area contributed by atoms with E-state index in [0.717, 1.165) is 12.2 Å². The maximum atomic E-state index is 5.24. The average Bonchev–Trinajstić information content (AvgIpc) is 3.26. The molecular formula is C22H25Cl2OZr. The van der Waals surface area contributed by atoms with E-state index in [4.69, 9.17) is 4.74 Å². The average molecular weight is 468 g/mol. The van der Waals surface area contributed by atoms with Crippen molar-refractivity contribution in [3.63, 3.8) is 0 Å². The van der Waals surface area contributed by atoms with Crippen molar-refractivity contribution in [3.8, 4) is 5.75 Å². The standard InChI is InChI=1S/C14H11O.C5H5.C3H7.2ClH.Zr/c1-15-12-7-6-11-8-10-4-2-3-5-13(10)14(11)9-12;1-2-4-5-3-1;1-3-2;;;/h2-9H,1H3;1-3H,4H2;3H,1-2H3;2*1H;/q3*-1;;;+3. The summed E-state index contributed by atoms with van der Waals surface area (Å²) < 4.78 is 5.24. The summed E-state index contributed by atoms with van der Waals surface area (Å²) in [6, 6.07) is 16.8. The molecule has 1 aliphatic rings. The van der Waals surface area contributed by atoms with E-state index < -0.39 is 0 Å². The van der Waals surface area contributed by atoms with Gasteiger partial charge in [0, 0.05) is 0 Å². The second kappa shape index (κ2) is 15.1. The van der Waals surface area contributed by atoms with E-state index >= 15 is 0 Å². The zero-order valence-corrected chi connectivity index (χ0v) is 19.5. The zero-order chi connectivity index (χ0) is 16.5. The molecule has 26 heavy (non-hydrogen) atoms. The minimum atomic E-state index is 0. The van der Waals surface area contributed by atoms with Crippen LogP contribution in [0.15, 0.2) is 66.8 Å². The van der Waals surface area contributed by atoms with E-state index in [0.29, 0.717) is 0 Å². The number of ether oxygens (including phenoxy) is 1. The summed E-state index contributed by atoms with van der Waals surface area (Å²) in [7, 11) is 1.70. The van der Waals surface area contributed by atoms with Gasteiger partial charge in [-0.15, -0.1) is 71.0 Å². The number of methoxy groups -OCH3 is 1. The van der Waals surface area contributed by atoms with Gasteiger partial charge in [-0.1, -0.05) is 30.3 Å². The molecule has 1 nitrogen and oxygen atoms in total. The van der Waals surface area contributed by atoms with Gasteiger partial charge >= 0.3 is 26.2 Å². The number of halogens is 2. The summed E-state index contributed by atoms with van der Waals surface area (Å²) in [4.78, 5) is 0. The monoisotopic (exact) mass is 465 g/mol. The van der Waals surface area contributed by atoms with Gasteiger partial charge in [0.1, 0.15) is 5.75 Å². The molecule has 0 spiro atoms. The van der Waals surface area contributed by atoms with Crippen molar-refractivity contribution in [2.24, 2.45) is 0 Å². The van der Waals surface area contributed by atoms with Crippen molar-refractivity contribution in [3.05, 3.63) is 79.3 Å². The van der Waals surface area contributed by atoms with Crippen molar-refractivity contribution in [1.82, 2.24) is 0 Å². The second-order valence-electron chi connectivity index (χ2n) is 5.27. The molecule has 0 bridgehead atoms. The first-order chi connectivity index (χ1) is 11.3. The van der Waals surface area contributed by atoms with Crippen LogP contribution in [0.4, 0.5) is 0 Å². The normalized spacial score (nSPS) is 10.4. The van der Waals surface area contributed by atoms with Gasteiger partial charge in [0.15, 0.2) is 0 Å². The predicted octanol–water partition coefficient (Wildman–Crippen LogP) is 7.10. The van der Waals surface area contributed by atoms with E-state index in [2.05, 4.69) is 54.6 Å². The van der Waals surface area contributed by atoms with Crippen molar-refractivity contribution < 1.29 is 30.9 Å². The van der Waals surface area contributed by atoms with Gasteiger partial charge in [-0.25, -0.2) is 12.2 Å². The molecule has 137 valence electrons. The van der Waals surface area contributed by atoms with Gasteiger partial charge in [-0.2, -0.15) is 19.9 Å². The van der Waals surface area contributed by atoms with Gasteiger partial charge in [0.25, 0.3) is 0 Å².